The van der Waals surface area contributed by atoms with E-state index < -0.39 is 0 Å². The molecule has 2 aromatic rings. The third-order valence-electron chi connectivity index (χ3n) is 3.43. The van der Waals surface area contributed by atoms with E-state index in [2.05, 4.69) is 29.4 Å². The molecule has 3 heteroatoms. The number of benzene rings is 1. The summed E-state index contributed by atoms with van der Waals surface area (Å²) in [6, 6.07) is 6.24. The lowest BCUT2D eigenvalue weighted by atomic mass is 10.1. The minimum atomic E-state index is 0.304. The first-order valence-corrected chi connectivity index (χ1v) is 6.28. The van der Waals surface area contributed by atoms with Crippen LogP contribution in [0.1, 0.15) is 18.4 Å². The number of hydrogen-bond donors (Lipinski definition) is 2. The number of nitrogens with one attached hydrogen (secondary N) is 2. The number of fused-ring (bicyclic) bond motifs is 1. The molecule has 1 fully saturated rings. The maximum atomic E-state index is 6.09. The summed E-state index contributed by atoms with van der Waals surface area (Å²) in [6.07, 6.45) is 4.68. The highest BCUT2D eigenvalue weighted by Crippen LogP contribution is 2.28. The van der Waals surface area contributed by atoms with Gasteiger partial charge in [0.2, 0.25) is 0 Å². The number of rotatable bonds is 2. The van der Waals surface area contributed by atoms with E-state index in [9.17, 15) is 0 Å². The Kier molecular flexibility index (Phi) is 2.77. The minimum absolute atomic E-state index is 0.304. The Labute approximate surface area is 101 Å². The number of ether oxygens (including phenoxy) is 1. The van der Waals surface area contributed by atoms with Gasteiger partial charge < -0.3 is 15.0 Å². The number of H-pyrrole nitrogens is 1. The Balaban J connectivity index is 1.89. The number of aromatic amines is 1. The van der Waals surface area contributed by atoms with Crippen LogP contribution < -0.4 is 10.1 Å². The molecule has 0 saturated carbocycles. The molecular weight excluding hydrogens is 212 g/mol. The summed E-state index contributed by atoms with van der Waals surface area (Å²) >= 11 is 0. The first-order valence-electron chi connectivity index (χ1n) is 6.28. The average Bonchev–Trinajstić information content (AvgIpc) is 2.74. The lowest BCUT2D eigenvalue weighted by Crippen LogP contribution is -2.37. The van der Waals surface area contributed by atoms with Crippen LogP contribution in [0.25, 0.3) is 10.9 Å². The zero-order valence-electron chi connectivity index (χ0n) is 10.1. The van der Waals surface area contributed by atoms with E-state index >= 15 is 0 Å². The lowest BCUT2D eigenvalue weighted by Gasteiger charge is -2.24. The van der Waals surface area contributed by atoms with Gasteiger partial charge in [-0.3, -0.25) is 0 Å². The number of aromatic nitrogens is 1. The monoisotopic (exact) mass is 230 g/mol. The molecule has 1 aromatic carbocycles. The predicted octanol–water partition coefficient (Wildman–Crippen LogP) is 2.61. The van der Waals surface area contributed by atoms with E-state index in [1.807, 2.05) is 12.3 Å². The first-order chi connectivity index (χ1) is 8.34. The summed E-state index contributed by atoms with van der Waals surface area (Å²) < 4.78 is 6.09. The van der Waals surface area contributed by atoms with Crippen molar-refractivity contribution in [2.45, 2.75) is 25.9 Å². The van der Waals surface area contributed by atoms with Gasteiger partial charge in [-0.1, -0.05) is 12.1 Å². The average molecular weight is 230 g/mol. The number of piperidine rings is 1. The van der Waals surface area contributed by atoms with Gasteiger partial charge in [-0.05, 0) is 37.9 Å². The van der Waals surface area contributed by atoms with Gasteiger partial charge in [-0.2, -0.15) is 0 Å². The molecular formula is C14H18N2O. The Morgan fingerprint density at radius 2 is 2.29 bits per heavy atom. The Morgan fingerprint density at radius 3 is 3.12 bits per heavy atom. The van der Waals surface area contributed by atoms with Crippen LogP contribution in [0.3, 0.4) is 0 Å². The van der Waals surface area contributed by atoms with E-state index in [4.69, 9.17) is 4.74 Å². The second-order valence-electron chi connectivity index (χ2n) is 4.74. The summed E-state index contributed by atoms with van der Waals surface area (Å²) in [6.45, 7) is 4.19. The molecule has 3 nitrogen and oxygen atoms in total. The quantitative estimate of drug-likeness (QED) is 0.832. The van der Waals surface area contributed by atoms with Crippen molar-refractivity contribution < 1.29 is 4.74 Å². The Morgan fingerprint density at radius 1 is 1.35 bits per heavy atom. The van der Waals surface area contributed by atoms with Crippen LogP contribution in [0.5, 0.6) is 5.75 Å². The third kappa shape index (κ3) is 2.03. The van der Waals surface area contributed by atoms with Crippen LogP contribution in [-0.4, -0.2) is 24.2 Å². The highest BCUT2D eigenvalue weighted by Gasteiger charge is 2.16. The first kappa shape index (κ1) is 10.7. The molecule has 0 bridgehead atoms. The minimum Gasteiger partial charge on any atom is -0.487 e. The van der Waals surface area contributed by atoms with Gasteiger partial charge in [0.1, 0.15) is 11.9 Å². The van der Waals surface area contributed by atoms with Gasteiger partial charge in [0.25, 0.3) is 0 Å². The summed E-state index contributed by atoms with van der Waals surface area (Å²) in [5.74, 6) is 0.976. The molecule has 2 heterocycles. The van der Waals surface area contributed by atoms with E-state index in [1.165, 1.54) is 17.4 Å². The van der Waals surface area contributed by atoms with E-state index in [-0.39, 0.29) is 0 Å². The summed E-state index contributed by atoms with van der Waals surface area (Å²) in [5.41, 5.74) is 2.39. The fourth-order valence-electron chi connectivity index (χ4n) is 2.47. The molecule has 3 rings (SSSR count). The Hall–Kier alpha value is -1.48. The molecule has 2 N–H and O–H groups in total. The molecule has 0 radical (unpaired) electrons. The van der Waals surface area contributed by atoms with Crippen LogP contribution in [0.4, 0.5) is 0 Å². The van der Waals surface area contributed by atoms with Crippen molar-refractivity contribution in [3.05, 3.63) is 30.0 Å². The second kappa shape index (κ2) is 4.41. The van der Waals surface area contributed by atoms with Gasteiger partial charge in [-0.15, -0.1) is 0 Å². The fraction of sp³-hybridized carbons (Fsp3) is 0.429. The predicted molar refractivity (Wildman–Crippen MR) is 69.6 cm³/mol. The highest BCUT2D eigenvalue weighted by molar-refractivity contribution is 5.88. The molecule has 0 aliphatic carbocycles. The van der Waals surface area contributed by atoms with Crippen molar-refractivity contribution >= 4 is 10.9 Å². The highest BCUT2D eigenvalue weighted by atomic mass is 16.5. The van der Waals surface area contributed by atoms with Crippen LogP contribution in [0.2, 0.25) is 0 Å². The second-order valence-corrected chi connectivity index (χ2v) is 4.74. The fourth-order valence-corrected chi connectivity index (χ4v) is 2.47. The van der Waals surface area contributed by atoms with Crippen molar-refractivity contribution in [3.8, 4) is 5.75 Å². The molecule has 90 valence electrons. The molecule has 1 aliphatic heterocycles. The van der Waals surface area contributed by atoms with Gasteiger partial charge >= 0.3 is 0 Å². The zero-order chi connectivity index (χ0) is 11.7. The smallest absolute Gasteiger partial charge is 0.143 e. The standard InChI is InChI=1S/C14H18N2O/c1-10-8-16-14-12(10)5-2-6-13(14)17-11-4-3-7-15-9-11/h2,5-6,8,11,15-16H,3-4,7,9H2,1H3. The molecule has 1 aromatic heterocycles. The molecule has 1 atom stereocenters. The van der Waals surface area contributed by atoms with E-state index in [0.717, 1.165) is 30.8 Å². The van der Waals surface area contributed by atoms with Crippen molar-refractivity contribution in [3.63, 3.8) is 0 Å². The van der Waals surface area contributed by atoms with Gasteiger partial charge in [0, 0.05) is 18.1 Å². The third-order valence-corrected chi connectivity index (χ3v) is 3.43. The molecule has 1 aliphatic rings. The van der Waals surface area contributed by atoms with E-state index in [0.29, 0.717) is 6.10 Å². The molecule has 17 heavy (non-hydrogen) atoms. The summed E-state index contributed by atoms with van der Waals surface area (Å²) in [7, 11) is 0. The largest absolute Gasteiger partial charge is 0.487 e. The molecule has 0 spiro atoms. The normalized spacial score (nSPS) is 20.6. The SMILES string of the molecule is Cc1c[nH]c2c(OC3CCCNC3)cccc12. The molecule has 0 amide bonds. The van der Waals surface area contributed by atoms with Gasteiger partial charge in [0.05, 0.1) is 5.52 Å². The van der Waals surface area contributed by atoms with Crippen LogP contribution >= 0.6 is 0 Å². The molecule has 1 saturated heterocycles. The van der Waals surface area contributed by atoms with E-state index in [1.54, 1.807) is 0 Å². The number of para-hydroxylation sites is 1. The maximum Gasteiger partial charge on any atom is 0.143 e. The van der Waals surface area contributed by atoms with Crippen molar-refractivity contribution in [2.75, 3.05) is 13.1 Å². The van der Waals surface area contributed by atoms with Crippen molar-refractivity contribution in [2.24, 2.45) is 0 Å². The van der Waals surface area contributed by atoms with Crippen molar-refractivity contribution in [1.29, 1.82) is 0 Å². The summed E-state index contributed by atoms with van der Waals surface area (Å²) in [5, 5.41) is 4.63. The van der Waals surface area contributed by atoms with Crippen LogP contribution in [-0.2, 0) is 0 Å². The van der Waals surface area contributed by atoms with Gasteiger partial charge in [0.15, 0.2) is 0 Å². The number of aryl methyl sites for hydroxylation is 1. The Bertz CT molecular complexity index is 512. The van der Waals surface area contributed by atoms with Crippen LogP contribution in [0.15, 0.2) is 24.4 Å². The van der Waals surface area contributed by atoms with Crippen LogP contribution in [0, 0.1) is 6.92 Å². The lowest BCUT2D eigenvalue weighted by molar-refractivity contribution is 0.169. The topological polar surface area (TPSA) is 37.0 Å². The maximum absolute atomic E-state index is 6.09. The molecule has 1 unspecified atom stereocenters. The summed E-state index contributed by atoms with van der Waals surface area (Å²) in [4.78, 5) is 3.30. The zero-order valence-corrected chi connectivity index (χ0v) is 10.1. The van der Waals surface area contributed by atoms with Crippen molar-refractivity contribution in [1.82, 2.24) is 10.3 Å². The number of hydrogen-bond acceptors (Lipinski definition) is 2. The van der Waals surface area contributed by atoms with Gasteiger partial charge in [-0.25, -0.2) is 0 Å².